The minimum absolute atomic E-state index is 0.139. The van der Waals surface area contributed by atoms with Crippen LogP contribution in [0.3, 0.4) is 0 Å². The number of benzene rings is 3. The van der Waals surface area contributed by atoms with Gasteiger partial charge in [0.05, 0.1) is 30.2 Å². The van der Waals surface area contributed by atoms with E-state index in [1.807, 2.05) is 18.2 Å². The van der Waals surface area contributed by atoms with E-state index in [4.69, 9.17) is 9.47 Å². The molecule has 1 saturated heterocycles. The van der Waals surface area contributed by atoms with Crippen molar-refractivity contribution >= 4 is 29.3 Å². The molecular weight excluding hydrogens is 482 g/mol. The second-order valence-corrected chi connectivity index (χ2v) is 10.3. The van der Waals surface area contributed by atoms with Gasteiger partial charge in [-0.2, -0.15) is 0 Å². The summed E-state index contributed by atoms with van der Waals surface area (Å²) in [7, 11) is 1.54. The average Bonchev–Trinajstić information content (AvgIpc) is 3.63. The fourth-order valence-electron chi connectivity index (χ4n) is 6.62. The van der Waals surface area contributed by atoms with Crippen LogP contribution in [-0.2, 0) is 14.3 Å². The molecule has 3 aromatic carbocycles. The highest BCUT2D eigenvalue weighted by Gasteiger charge is 2.64. The Morgan fingerprint density at radius 2 is 1.47 bits per heavy atom. The van der Waals surface area contributed by atoms with Gasteiger partial charge in [-0.05, 0) is 84.7 Å². The Labute approximate surface area is 220 Å². The summed E-state index contributed by atoms with van der Waals surface area (Å²) in [5.41, 5.74) is 2.34. The minimum Gasteiger partial charge on any atom is -0.497 e. The molecule has 2 amide bonds. The Morgan fingerprint density at radius 1 is 0.816 bits per heavy atom. The first-order valence-electron chi connectivity index (χ1n) is 12.8. The number of amides is 2. The first-order valence-corrected chi connectivity index (χ1v) is 12.8. The minimum atomic E-state index is -0.655. The number of anilines is 1. The lowest BCUT2D eigenvalue weighted by Gasteiger charge is -2.28. The van der Waals surface area contributed by atoms with Crippen molar-refractivity contribution in [3.05, 3.63) is 95.6 Å². The molecule has 2 saturated carbocycles. The molecule has 5 atom stereocenters. The van der Waals surface area contributed by atoms with Crippen LogP contribution in [-0.4, -0.2) is 37.3 Å². The molecule has 0 spiro atoms. The lowest BCUT2D eigenvalue weighted by Crippen LogP contribution is -2.33. The molecule has 0 radical (unpaired) electrons. The Balaban J connectivity index is 1.12. The zero-order valence-electron chi connectivity index (χ0n) is 20.9. The topological polar surface area (TPSA) is 90.0 Å². The van der Waals surface area contributed by atoms with Crippen molar-refractivity contribution < 1.29 is 28.7 Å². The molecule has 38 heavy (non-hydrogen) atoms. The molecule has 3 aliphatic rings. The summed E-state index contributed by atoms with van der Waals surface area (Å²) in [5.74, 6) is -0.508. The fourth-order valence-corrected chi connectivity index (χ4v) is 6.62. The molecule has 3 fully saturated rings. The zero-order chi connectivity index (χ0) is 26.4. The molecule has 1 heterocycles. The first kappa shape index (κ1) is 24.1. The summed E-state index contributed by atoms with van der Waals surface area (Å²) >= 11 is 0. The lowest BCUT2D eigenvalue weighted by molar-refractivity contribution is -0.123. The molecule has 2 bridgehead atoms. The van der Waals surface area contributed by atoms with Gasteiger partial charge in [0.2, 0.25) is 11.8 Å². The van der Waals surface area contributed by atoms with Gasteiger partial charge < -0.3 is 9.47 Å². The molecule has 7 nitrogen and oxygen atoms in total. The number of hydrogen-bond acceptors (Lipinski definition) is 6. The number of hydrogen-bond donors (Lipinski definition) is 0. The number of methoxy groups -OCH3 is 1. The maximum Gasteiger partial charge on any atom is 0.338 e. The van der Waals surface area contributed by atoms with Crippen molar-refractivity contribution in [1.29, 1.82) is 0 Å². The van der Waals surface area contributed by atoms with Crippen molar-refractivity contribution in [3.8, 4) is 5.75 Å². The van der Waals surface area contributed by atoms with E-state index < -0.39 is 12.6 Å². The Morgan fingerprint density at radius 3 is 2.16 bits per heavy atom. The highest BCUT2D eigenvalue weighted by Crippen LogP contribution is 2.61. The SMILES string of the molecule is COc1ccc(C(=O)COC(=O)c2ccc(N3C(=O)C4C5CC(c6ccccc6)C(C5)C4C3=O)cc2)cc1. The summed E-state index contributed by atoms with van der Waals surface area (Å²) in [6, 6.07) is 23.0. The van der Waals surface area contributed by atoms with Crippen LogP contribution in [0.25, 0.3) is 0 Å². The second kappa shape index (κ2) is 9.56. The summed E-state index contributed by atoms with van der Waals surface area (Å²) in [4.78, 5) is 53.0. The standard InChI is InChI=1S/C31H27NO6/c1-37-23-13-9-19(10-14-23)26(33)17-38-31(36)20-7-11-22(12-8-20)32-29(34)27-21-15-24(18-5-3-2-4-6-18)25(16-21)28(27)30(32)35/h2-14,21,24-25,27-28H,15-17H2,1H3. The average molecular weight is 510 g/mol. The van der Waals surface area contributed by atoms with E-state index >= 15 is 0 Å². The molecule has 0 aromatic heterocycles. The van der Waals surface area contributed by atoms with Crippen molar-refractivity contribution in [1.82, 2.24) is 0 Å². The normalized spacial score (nSPS) is 25.4. The summed E-state index contributed by atoms with van der Waals surface area (Å²) in [6.07, 6.45) is 1.85. The van der Waals surface area contributed by atoms with Gasteiger partial charge in [0.25, 0.3) is 0 Å². The third-order valence-corrected chi connectivity index (χ3v) is 8.35. The molecule has 1 aliphatic heterocycles. The van der Waals surface area contributed by atoms with E-state index in [2.05, 4.69) is 12.1 Å². The number of fused-ring (bicyclic) bond motifs is 5. The van der Waals surface area contributed by atoms with Crippen molar-refractivity contribution in [2.45, 2.75) is 18.8 Å². The molecule has 3 aromatic rings. The van der Waals surface area contributed by atoms with E-state index in [9.17, 15) is 19.2 Å². The van der Waals surface area contributed by atoms with E-state index in [1.165, 1.54) is 29.7 Å². The van der Waals surface area contributed by atoms with E-state index in [-0.39, 0.29) is 46.8 Å². The number of nitrogens with zero attached hydrogens (tertiary/aromatic N) is 1. The van der Waals surface area contributed by atoms with E-state index in [0.717, 1.165) is 12.8 Å². The Hall–Kier alpha value is -4.26. The number of carbonyl (C=O) groups excluding carboxylic acids is 4. The maximum absolute atomic E-state index is 13.5. The van der Waals surface area contributed by atoms with Crippen molar-refractivity contribution in [2.75, 3.05) is 18.6 Å². The largest absolute Gasteiger partial charge is 0.497 e. The van der Waals surface area contributed by atoms with Crippen LogP contribution in [0.2, 0.25) is 0 Å². The Bertz CT molecular complexity index is 1400. The monoisotopic (exact) mass is 509 g/mol. The maximum atomic E-state index is 13.5. The molecule has 6 rings (SSSR count). The van der Waals surface area contributed by atoms with E-state index in [1.54, 1.807) is 36.4 Å². The number of ketones is 1. The summed E-state index contributed by atoms with van der Waals surface area (Å²) < 4.78 is 10.3. The summed E-state index contributed by atoms with van der Waals surface area (Å²) in [6.45, 7) is -0.398. The van der Waals surface area contributed by atoms with Gasteiger partial charge >= 0.3 is 5.97 Å². The molecule has 2 aliphatic carbocycles. The number of rotatable bonds is 7. The van der Waals surface area contributed by atoms with Crippen LogP contribution in [0, 0.1) is 23.7 Å². The third kappa shape index (κ3) is 3.99. The second-order valence-electron chi connectivity index (χ2n) is 10.3. The molecular formula is C31H27NO6. The predicted molar refractivity (Wildman–Crippen MR) is 139 cm³/mol. The van der Waals surface area contributed by atoms with Crippen LogP contribution >= 0.6 is 0 Å². The Kier molecular flexibility index (Phi) is 6.06. The predicted octanol–water partition coefficient (Wildman–Crippen LogP) is 4.66. The molecule has 192 valence electrons. The number of carbonyl (C=O) groups is 4. The van der Waals surface area contributed by atoms with Gasteiger partial charge in [0.1, 0.15) is 5.75 Å². The first-order chi connectivity index (χ1) is 18.5. The number of Topliss-reactive ketones (excluding diaryl/α,β-unsaturated/α-hetero) is 1. The highest BCUT2D eigenvalue weighted by molar-refractivity contribution is 6.22. The van der Waals surface area contributed by atoms with Gasteiger partial charge in [-0.1, -0.05) is 30.3 Å². The molecule has 0 N–H and O–H groups in total. The zero-order valence-corrected chi connectivity index (χ0v) is 20.9. The van der Waals surface area contributed by atoms with Crippen molar-refractivity contribution in [3.63, 3.8) is 0 Å². The van der Waals surface area contributed by atoms with Gasteiger partial charge in [0.15, 0.2) is 12.4 Å². The highest BCUT2D eigenvalue weighted by atomic mass is 16.5. The van der Waals surface area contributed by atoms with Crippen LogP contribution in [0.1, 0.15) is 45.0 Å². The third-order valence-electron chi connectivity index (χ3n) is 8.35. The van der Waals surface area contributed by atoms with Crippen molar-refractivity contribution in [2.24, 2.45) is 23.7 Å². The van der Waals surface area contributed by atoms with Gasteiger partial charge in [-0.15, -0.1) is 0 Å². The lowest BCUT2D eigenvalue weighted by atomic mass is 9.73. The van der Waals surface area contributed by atoms with Crippen LogP contribution in [0.5, 0.6) is 5.75 Å². The molecule has 5 unspecified atom stereocenters. The van der Waals surface area contributed by atoms with Crippen LogP contribution < -0.4 is 9.64 Å². The van der Waals surface area contributed by atoms with Gasteiger partial charge in [-0.25, -0.2) is 4.79 Å². The van der Waals surface area contributed by atoms with E-state index in [0.29, 0.717) is 22.9 Å². The van der Waals surface area contributed by atoms with Gasteiger partial charge in [0, 0.05) is 5.56 Å². The number of ether oxygens (including phenoxy) is 2. The fraction of sp³-hybridized carbons (Fsp3) is 0.290. The smallest absolute Gasteiger partial charge is 0.338 e. The van der Waals surface area contributed by atoms with Crippen LogP contribution in [0.4, 0.5) is 5.69 Å². The number of esters is 1. The van der Waals surface area contributed by atoms with Crippen LogP contribution in [0.15, 0.2) is 78.9 Å². The summed E-state index contributed by atoms with van der Waals surface area (Å²) in [5, 5.41) is 0. The van der Waals surface area contributed by atoms with Gasteiger partial charge in [-0.3, -0.25) is 19.3 Å². The molecule has 7 heteroatoms. The quantitative estimate of drug-likeness (QED) is 0.261. The number of imide groups is 1.